The average Bonchev–Trinajstić information content (AvgIpc) is 2.49. The number of likely N-dealkylation sites (tertiary alicyclic amines) is 1. The lowest BCUT2D eigenvalue weighted by Crippen LogP contribution is -2.47. The average molecular weight is 287 g/mol. The number of carbonyl (C=O) groups is 1. The van der Waals surface area contributed by atoms with Gasteiger partial charge in [-0.25, -0.2) is 0 Å². The zero-order valence-electron chi connectivity index (χ0n) is 12.5. The maximum Gasteiger partial charge on any atom is 0.253 e. The van der Waals surface area contributed by atoms with Crippen LogP contribution < -0.4 is 5.32 Å². The highest BCUT2D eigenvalue weighted by Crippen LogP contribution is 2.15. The van der Waals surface area contributed by atoms with Crippen molar-refractivity contribution in [3.8, 4) is 11.8 Å². The Morgan fingerprint density at radius 2 is 2.38 bits per heavy atom. The molecular weight excluding hydrogens is 266 g/mol. The van der Waals surface area contributed by atoms with Crippen LogP contribution in [0.4, 0.5) is 0 Å². The first kappa shape index (κ1) is 15.5. The van der Waals surface area contributed by atoms with Gasteiger partial charge in [0, 0.05) is 36.6 Å². The fourth-order valence-corrected chi connectivity index (χ4v) is 2.46. The van der Waals surface area contributed by atoms with Gasteiger partial charge in [0.1, 0.15) is 6.61 Å². The number of aliphatic hydroxyl groups excluding tert-OH is 1. The van der Waals surface area contributed by atoms with E-state index in [0.29, 0.717) is 17.2 Å². The molecule has 1 aliphatic heterocycles. The lowest BCUT2D eigenvalue weighted by atomic mass is 9.98. The standard InChI is InChI=1S/C16H21N3O2/c1-12-8-15(5-6-19(12)2)18-16(21)14-9-13(4-3-7-20)10-17-11-14/h9-12,15,20H,5-8H2,1-2H3,(H,18,21). The van der Waals surface area contributed by atoms with Crippen molar-refractivity contribution in [2.75, 3.05) is 20.2 Å². The van der Waals surface area contributed by atoms with Crippen LogP contribution in [-0.2, 0) is 0 Å². The Hall–Kier alpha value is -1.90. The molecule has 0 aliphatic carbocycles. The minimum atomic E-state index is -0.204. The molecule has 2 atom stereocenters. The van der Waals surface area contributed by atoms with E-state index in [-0.39, 0.29) is 18.6 Å². The summed E-state index contributed by atoms with van der Waals surface area (Å²) in [6.07, 6.45) is 5.04. The number of rotatable bonds is 2. The van der Waals surface area contributed by atoms with Gasteiger partial charge in [-0.3, -0.25) is 9.78 Å². The Labute approximate surface area is 125 Å². The normalized spacial score (nSPS) is 22.2. The molecule has 0 saturated carbocycles. The molecule has 1 fully saturated rings. The maximum absolute atomic E-state index is 12.3. The van der Waals surface area contributed by atoms with Gasteiger partial charge < -0.3 is 15.3 Å². The van der Waals surface area contributed by atoms with E-state index in [1.54, 1.807) is 12.3 Å². The summed E-state index contributed by atoms with van der Waals surface area (Å²) >= 11 is 0. The maximum atomic E-state index is 12.3. The number of piperidine rings is 1. The summed E-state index contributed by atoms with van der Waals surface area (Å²) in [6.45, 7) is 2.96. The summed E-state index contributed by atoms with van der Waals surface area (Å²) in [6, 6.07) is 2.38. The van der Waals surface area contributed by atoms with Crippen LogP contribution in [0.1, 0.15) is 35.7 Å². The number of amides is 1. The summed E-state index contributed by atoms with van der Waals surface area (Å²) in [5, 5.41) is 11.8. The molecule has 0 bridgehead atoms. The topological polar surface area (TPSA) is 65.5 Å². The van der Waals surface area contributed by atoms with E-state index in [2.05, 4.69) is 41.0 Å². The summed E-state index contributed by atoms with van der Waals surface area (Å²) in [5.41, 5.74) is 1.14. The Morgan fingerprint density at radius 1 is 1.57 bits per heavy atom. The molecule has 1 aromatic rings. The molecule has 5 nitrogen and oxygen atoms in total. The van der Waals surface area contributed by atoms with Gasteiger partial charge in [0.15, 0.2) is 0 Å². The first-order valence-electron chi connectivity index (χ1n) is 7.16. The zero-order valence-corrected chi connectivity index (χ0v) is 12.5. The van der Waals surface area contributed by atoms with Crippen molar-refractivity contribution in [2.24, 2.45) is 0 Å². The first-order valence-corrected chi connectivity index (χ1v) is 7.16. The highest BCUT2D eigenvalue weighted by Gasteiger charge is 2.24. The Bertz CT molecular complexity index is 562. The minimum absolute atomic E-state index is 0.114. The van der Waals surface area contributed by atoms with E-state index in [1.807, 2.05) is 0 Å². The largest absolute Gasteiger partial charge is 0.384 e. The SMILES string of the molecule is CC1CC(NC(=O)c2cncc(C#CCO)c2)CCN1C. The molecule has 2 rings (SSSR count). The molecule has 0 spiro atoms. The molecule has 1 aromatic heterocycles. The number of pyridine rings is 1. The number of nitrogens with one attached hydrogen (secondary N) is 1. The number of hydrogen-bond acceptors (Lipinski definition) is 4. The molecule has 5 heteroatoms. The van der Waals surface area contributed by atoms with E-state index in [0.717, 1.165) is 19.4 Å². The van der Waals surface area contributed by atoms with Gasteiger partial charge in [-0.05, 0) is 32.9 Å². The molecule has 1 saturated heterocycles. The quantitative estimate of drug-likeness (QED) is 0.783. The summed E-state index contributed by atoms with van der Waals surface area (Å²) < 4.78 is 0. The minimum Gasteiger partial charge on any atom is -0.384 e. The third-order valence-corrected chi connectivity index (χ3v) is 3.86. The van der Waals surface area contributed by atoms with Crippen molar-refractivity contribution in [3.05, 3.63) is 29.6 Å². The van der Waals surface area contributed by atoms with Crippen LogP contribution in [0.2, 0.25) is 0 Å². The molecule has 2 N–H and O–H groups in total. The molecule has 0 radical (unpaired) electrons. The highest BCUT2D eigenvalue weighted by atomic mass is 16.2. The first-order chi connectivity index (χ1) is 10.1. The van der Waals surface area contributed by atoms with Crippen molar-refractivity contribution < 1.29 is 9.90 Å². The third-order valence-electron chi connectivity index (χ3n) is 3.86. The molecule has 0 aromatic carbocycles. The molecule has 1 amide bonds. The molecule has 2 heterocycles. The number of hydrogen-bond donors (Lipinski definition) is 2. The van der Waals surface area contributed by atoms with Gasteiger partial charge in [0.25, 0.3) is 5.91 Å². The molecular formula is C16H21N3O2. The summed E-state index contributed by atoms with van der Waals surface area (Å²) in [4.78, 5) is 18.6. The Kier molecular flexibility index (Phi) is 5.32. The van der Waals surface area contributed by atoms with E-state index >= 15 is 0 Å². The predicted molar refractivity (Wildman–Crippen MR) is 80.8 cm³/mol. The van der Waals surface area contributed by atoms with Crippen molar-refractivity contribution in [1.82, 2.24) is 15.2 Å². The monoisotopic (exact) mass is 287 g/mol. The van der Waals surface area contributed by atoms with Crippen LogP contribution in [0.25, 0.3) is 0 Å². The fourth-order valence-electron chi connectivity index (χ4n) is 2.46. The number of aromatic nitrogens is 1. The van der Waals surface area contributed by atoms with E-state index in [1.165, 1.54) is 6.20 Å². The number of carbonyl (C=O) groups excluding carboxylic acids is 1. The summed E-state index contributed by atoms with van der Waals surface area (Å²) in [7, 11) is 2.11. The molecule has 21 heavy (non-hydrogen) atoms. The lowest BCUT2D eigenvalue weighted by molar-refractivity contribution is 0.0896. The second-order valence-electron chi connectivity index (χ2n) is 5.45. The number of aliphatic hydroxyl groups is 1. The third kappa shape index (κ3) is 4.28. The van der Waals surface area contributed by atoms with E-state index < -0.39 is 0 Å². The van der Waals surface area contributed by atoms with Crippen LogP contribution in [0.5, 0.6) is 0 Å². The van der Waals surface area contributed by atoms with Gasteiger partial charge in [-0.2, -0.15) is 0 Å². The van der Waals surface area contributed by atoms with Crippen LogP contribution in [0.3, 0.4) is 0 Å². The van der Waals surface area contributed by atoms with E-state index in [9.17, 15) is 4.79 Å². The second-order valence-corrected chi connectivity index (χ2v) is 5.45. The predicted octanol–water partition coefficient (Wildman–Crippen LogP) is 0.638. The zero-order chi connectivity index (χ0) is 15.2. The van der Waals surface area contributed by atoms with Gasteiger partial charge in [-0.15, -0.1) is 0 Å². The molecule has 1 aliphatic rings. The van der Waals surface area contributed by atoms with Crippen LogP contribution in [-0.4, -0.2) is 53.2 Å². The van der Waals surface area contributed by atoms with Crippen molar-refractivity contribution in [2.45, 2.75) is 31.8 Å². The van der Waals surface area contributed by atoms with Gasteiger partial charge in [-0.1, -0.05) is 11.8 Å². The Balaban J connectivity index is 2.00. The molecule has 2 unspecified atom stereocenters. The molecule has 112 valence electrons. The van der Waals surface area contributed by atoms with Gasteiger partial charge >= 0.3 is 0 Å². The van der Waals surface area contributed by atoms with Gasteiger partial charge in [0.2, 0.25) is 0 Å². The fraction of sp³-hybridized carbons (Fsp3) is 0.500. The van der Waals surface area contributed by atoms with Crippen molar-refractivity contribution in [1.29, 1.82) is 0 Å². The van der Waals surface area contributed by atoms with Crippen LogP contribution in [0, 0.1) is 11.8 Å². The lowest BCUT2D eigenvalue weighted by Gasteiger charge is -2.35. The summed E-state index contributed by atoms with van der Waals surface area (Å²) in [5.74, 6) is 5.19. The smallest absolute Gasteiger partial charge is 0.253 e. The van der Waals surface area contributed by atoms with Crippen LogP contribution in [0.15, 0.2) is 18.5 Å². The highest BCUT2D eigenvalue weighted by molar-refractivity contribution is 5.94. The van der Waals surface area contributed by atoms with E-state index in [4.69, 9.17) is 5.11 Å². The Morgan fingerprint density at radius 3 is 3.10 bits per heavy atom. The second kappa shape index (κ2) is 7.21. The van der Waals surface area contributed by atoms with Crippen LogP contribution >= 0.6 is 0 Å². The van der Waals surface area contributed by atoms with Crippen molar-refractivity contribution in [3.63, 3.8) is 0 Å². The number of nitrogens with zero attached hydrogens (tertiary/aromatic N) is 2. The van der Waals surface area contributed by atoms with Gasteiger partial charge in [0.05, 0.1) is 5.56 Å². The van der Waals surface area contributed by atoms with Crippen molar-refractivity contribution >= 4 is 5.91 Å².